The maximum Gasteiger partial charge on any atom is 0.344 e. The topological polar surface area (TPSA) is 353 Å². The van der Waals surface area contributed by atoms with Gasteiger partial charge in [-0.05, 0) is 173 Å². The van der Waals surface area contributed by atoms with E-state index in [1.807, 2.05) is 66.8 Å². The molecule has 4 saturated heterocycles. The summed E-state index contributed by atoms with van der Waals surface area (Å²) in [5, 5.41) is 56.7. The van der Waals surface area contributed by atoms with Gasteiger partial charge in [0.2, 0.25) is 27.2 Å². The summed E-state index contributed by atoms with van der Waals surface area (Å²) in [6, 6.07) is 40.5. The van der Waals surface area contributed by atoms with E-state index in [-0.39, 0.29) is 106 Å². The van der Waals surface area contributed by atoms with Crippen LogP contribution in [0, 0.1) is 10.1 Å². The quantitative estimate of drug-likeness (QED) is 0.0216. The number of hydrogen-bond donors (Lipinski definition) is 4. The number of carbonyl (C=O) groups is 4. The molecule has 680 valence electrons. The van der Waals surface area contributed by atoms with E-state index in [1.54, 1.807) is 78.9 Å². The fourth-order valence-corrected chi connectivity index (χ4v) is 22.5. The number of para-hydroxylation sites is 3. The van der Waals surface area contributed by atoms with Crippen molar-refractivity contribution in [2.24, 2.45) is 0 Å². The minimum atomic E-state index is -0.984. The van der Waals surface area contributed by atoms with E-state index >= 15 is 0 Å². The van der Waals surface area contributed by atoms with Gasteiger partial charge in [0.15, 0.2) is 78.2 Å². The predicted octanol–water partition coefficient (Wildman–Crippen LogP) is 12.0. The lowest BCUT2D eigenvalue weighted by Gasteiger charge is -2.45. The first kappa shape index (κ1) is 86.2. The fourth-order valence-electron chi connectivity index (χ4n) is 21.6. The molecule has 0 amide bonds. The molecular weight excluding hydrogens is 1780 g/mol. The number of nitro benzene ring substituents is 1. The molecule has 8 aromatic carbocycles. The highest BCUT2D eigenvalue weighted by molar-refractivity contribution is 6.35. The molecule has 4 fully saturated rings. The second-order valence-electron chi connectivity index (χ2n) is 34.5. The third kappa shape index (κ3) is 16.8. The average molecular weight is 1870 g/mol. The van der Waals surface area contributed by atoms with Gasteiger partial charge in [0.1, 0.15) is 66.1 Å². The standard InChI is InChI=1S/C24H21Cl2NO6.2C24H22ClNO6.C24H22N2O8/c25-14-1-2-18(16(26)7-14)30-10-21(29)33-24-17(28)5-12-3-4-27-9-13-6-19-20(32-11-31-19)8-15(13)22(24)23(12)27;25-15-2-1-3-16(8-15)29-11-21(28)32-24-18(27)6-13-4-5-26-10-14-7-19-20(31-12-30-19)9-17(14)22(24)23(13)26;25-16-3-1-2-4-18(16)29-11-21(28)32-24-17(27)7-13-5-6-26-10-14-8-19-20(31-12-30-19)9-15(14)22(24)23(13)26;27-17-7-13-5-6-25-10-14-8-19-20(33-12-32-19)9-15(14)22(23(13)25)24(17)34-21(28)11-31-18-4-2-1-3-16(18)26(29)30/h1-2,5-8,17,22-24,28H,3-4,9-11H2;1-3,6-9,18,22-24,27H,4-5,10-12H2;1-4,7-9,17,22-24,27H,5-6,10-12H2;1-4,7-9,17,22-24,27H,5-6,10-12H2. The highest BCUT2D eigenvalue weighted by Gasteiger charge is 2.56. The number of fused-ring (bicyclic) bond motifs is 12. The molecule has 0 spiro atoms. The fraction of sp³-hybridized carbons (Fsp3) is 0.375. The van der Waals surface area contributed by atoms with E-state index in [2.05, 4.69) is 19.6 Å². The minimum absolute atomic E-state index is 0.0187. The van der Waals surface area contributed by atoms with Gasteiger partial charge in [0.05, 0.1) is 15.0 Å². The van der Waals surface area contributed by atoms with E-state index in [0.29, 0.717) is 66.1 Å². The van der Waals surface area contributed by atoms with Gasteiger partial charge in [-0.1, -0.05) is 123 Å². The number of hydrogen-bond acceptors (Lipinski definition) is 30. The first-order chi connectivity index (χ1) is 63.6. The number of halogens is 4. The summed E-state index contributed by atoms with van der Waals surface area (Å²) < 4.78 is 89.9. The molecule has 0 radical (unpaired) electrons. The Morgan fingerprint density at radius 2 is 0.672 bits per heavy atom. The first-order valence-corrected chi connectivity index (χ1v) is 44.8. The minimum Gasteiger partial charge on any atom is -0.482 e. The van der Waals surface area contributed by atoms with Gasteiger partial charge >= 0.3 is 29.6 Å². The van der Waals surface area contributed by atoms with Crippen LogP contribution in [-0.4, -0.2) is 222 Å². The summed E-state index contributed by atoms with van der Waals surface area (Å²) in [4.78, 5) is 71.0. The Bertz CT molecular complexity index is 6050. The molecule has 35 heteroatoms. The van der Waals surface area contributed by atoms with E-state index in [0.717, 1.165) is 145 Å². The smallest absolute Gasteiger partial charge is 0.344 e. The van der Waals surface area contributed by atoms with Crippen molar-refractivity contribution in [2.45, 2.75) is 149 Å². The SMILES string of the molecule is O=C(COc1ccc(Cl)cc1Cl)OC1C(O)C=C2CCN3Cc4cc5c(cc4C1C23)OCO5.O=C(COc1cccc(Cl)c1)OC1C(O)C=C2CCN3Cc4cc5c(cc4C1C23)OCO5.O=C(COc1ccccc1Cl)OC1C(O)C=C2CCN3Cc4cc5c(cc4C1C23)OCO5.O=C(COc1ccccc1[N+](=O)[O-])OC1C(O)C=C2CCN3Cc4cc5c(cc4C1C23)OCO5. The van der Waals surface area contributed by atoms with Gasteiger partial charge in [0.25, 0.3) is 0 Å². The molecule has 0 saturated carbocycles. The maximum absolute atomic E-state index is 12.8. The molecule has 16 aliphatic rings. The number of ether oxygens (including phenoxy) is 16. The number of carbonyl (C=O) groups excluding carboxylic acids is 4. The Morgan fingerprint density at radius 3 is 1.02 bits per heavy atom. The predicted molar refractivity (Wildman–Crippen MR) is 467 cm³/mol. The van der Waals surface area contributed by atoms with Crippen LogP contribution in [0.1, 0.15) is 93.9 Å². The van der Waals surface area contributed by atoms with Gasteiger partial charge in [0, 0.05) is 116 Å². The van der Waals surface area contributed by atoms with Crippen LogP contribution in [0.25, 0.3) is 0 Å². The molecule has 4 aliphatic carbocycles. The van der Waals surface area contributed by atoms with Crippen LogP contribution in [0.4, 0.5) is 5.69 Å². The summed E-state index contributed by atoms with van der Waals surface area (Å²) >= 11 is 24.1. The molecule has 31 nitrogen and oxygen atoms in total. The number of esters is 4. The molecule has 0 bridgehead atoms. The Hall–Kier alpha value is -11.6. The second kappa shape index (κ2) is 35.9. The monoisotopic (exact) mass is 1870 g/mol. The van der Waals surface area contributed by atoms with Crippen LogP contribution >= 0.6 is 46.4 Å². The summed E-state index contributed by atoms with van der Waals surface area (Å²) in [5.41, 5.74) is 12.9. The molecule has 16 atom stereocenters. The zero-order chi connectivity index (χ0) is 89.7. The van der Waals surface area contributed by atoms with Gasteiger partial charge < -0.3 is 96.2 Å². The average Bonchev–Trinajstić information content (AvgIpc) is 1.65. The summed E-state index contributed by atoms with van der Waals surface area (Å²) in [5.74, 6) is 3.50. The molecule has 131 heavy (non-hydrogen) atoms. The first-order valence-electron chi connectivity index (χ1n) is 43.3. The normalized spacial score (nSPS) is 27.0. The second-order valence-corrected chi connectivity index (χ2v) is 36.2. The Balaban J connectivity index is 0.000000106. The van der Waals surface area contributed by atoms with Gasteiger partial charge in [-0.25, -0.2) is 19.2 Å². The highest BCUT2D eigenvalue weighted by atomic mass is 35.5. The Kier molecular flexibility index (Phi) is 23.6. The Labute approximate surface area is 769 Å². The van der Waals surface area contributed by atoms with E-state index in [4.69, 9.17) is 122 Å². The van der Waals surface area contributed by atoms with Crippen LogP contribution in [0.2, 0.25) is 20.1 Å². The number of nitrogens with zero attached hydrogens (tertiary/aromatic N) is 5. The zero-order valence-electron chi connectivity index (χ0n) is 70.0. The Morgan fingerprint density at radius 1 is 0.359 bits per heavy atom. The molecular formula is C96H87Cl4N5O26. The lowest BCUT2D eigenvalue weighted by Crippen LogP contribution is -2.51. The van der Waals surface area contributed by atoms with E-state index < -0.39 is 84.2 Å². The van der Waals surface area contributed by atoms with Crippen molar-refractivity contribution in [3.8, 4) is 69.0 Å². The molecule has 12 aliphatic heterocycles. The number of aliphatic hydroxyl groups excluding tert-OH is 4. The van der Waals surface area contributed by atoms with Crippen molar-refractivity contribution in [3.63, 3.8) is 0 Å². The van der Waals surface area contributed by atoms with Gasteiger partial charge in [-0.15, -0.1) is 0 Å². The van der Waals surface area contributed by atoms with Crippen molar-refractivity contribution in [3.05, 3.63) is 261 Å². The van der Waals surface area contributed by atoms with Gasteiger partial charge in [-0.2, -0.15) is 0 Å². The maximum atomic E-state index is 12.8. The third-order valence-corrected chi connectivity index (χ3v) is 28.1. The molecule has 4 N–H and O–H groups in total. The lowest BCUT2D eigenvalue weighted by molar-refractivity contribution is -0.385. The van der Waals surface area contributed by atoms with Gasteiger partial charge in [-0.3, -0.25) is 29.7 Å². The molecule has 8 aromatic rings. The highest BCUT2D eigenvalue weighted by Crippen LogP contribution is 2.57. The summed E-state index contributed by atoms with van der Waals surface area (Å²) in [7, 11) is 0. The van der Waals surface area contributed by atoms with Crippen LogP contribution in [0.15, 0.2) is 186 Å². The summed E-state index contributed by atoms with van der Waals surface area (Å²) in [6.07, 6.45) is 4.14. The summed E-state index contributed by atoms with van der Waals surface area (Å²) in [6.45, 7) is 5.99. The number of benzene rings is 8. The molecule has 16 unspecified atom stereocenters. The molecule has 24 rings (SSSR count). The van der Waals surface area contributed by atoms with Crippen molar-refractivity contribution >= 4 is 76.0 Å². The molecule has 0 aromatic heterocycles. The van der Waals surface area contributed by atoms with Crippen LogP contribution in [0.3, 0.4) is 0 Å². The lowest BCUT2D eigenvalue weighted by atomic mass is 9.73. The van der Waals surface area contributed by atoms with Crippen LogP contribution < -0.4 is 56.8 Å². The number of rotatable bonds is 17. The van der Waals surface area contributed by atoms with Crippen molar-refractivity contribution < 1.29 is 120 Å². The number of nitro groups is 1. The number of aliphatic hydroxyl groups is 4. The van der Waals surface area contributed by atoms with Crippen molar-refractivity contribution in [1.29, 1.82) is 0 Å². The van der Waals surface area contributed by atoms with Crippen LogP contribution in [-0.2, 0) is 64.3 Å². The van der Waals surface area contributed by atoms with Crippen molar-refractivity contribution in [2.75, 3.05) is 79.8 Å². The van der Waals surface area contributed by atoms with Crippen LogP contribution in [0.5, 0.6) is 69.0 Å². The van der Waals surface area contributed by atoms with Crippen molar-refractivity contribution in [1.82, 2.24) is 19.6 Å². The largest absolute Gasteiger partial charge is 0.482 e. The molecule has 12 heterocycles. The van der Waals surface area contributed by atoms with E-state index in [9.17, 15) is 49.7 Å². The van der Waals surface area contributed by atoms with E-state index in [1.165, 1.54) is 34.9 Å². The third-order valence-electron chi connectivity index (χ3n) is 27.0. The zero-order valence-corrected chi connectivity index (χ0v) is 73.0.